The molecule has 4 heteroatoms. The molecule has 3 aromatic rings. The third-order valence-corrected chi connectivity index (χ3v) is 3.54. The molecule has 1 aromatic heterocycles. The number of aromatic nitrogens is 1. The number of benzene rings is 2. The molecule has 0 atom stereocenters. The van der Waals surface area contributed by atoms with Crippen LogP contribution in [0.15, 0.2) is 54.6 Å². The fourth-order valence-electron chi connectivity index (χ4n) is 2.48. The Morgan fingerprint density at radius 1 is 1.09 bits per heavy atom. The number of carbonyl (C=O) groups is 1. The summed E-state index contributed by atoms with van der Waals surface area (Å²) in [5.41, 5.74) is 2.93. The smallest absolute Gasteiger partial charge is 0.252 e. The van der Waals surface area contributed by atoms with Crippen molar-refractivity contribution in [3.8, 4) is 17.0 Å². The van der Waals surface area contributed by atoms with Crippen molar-refractivity contribution >= 4 is 16.8 Å². The minimum Gasteiger partial charge on any atom is -0.508 e. The van der Waals surface area contributed by atoms with E-state index in [0.717, 1.165) is 16.5 Å². The van der Waals surface area contributed by atoms with Crippen LogP contribution in [-0.2, 0) is 0 Å². The van der Waals surface area contributed by atoms with Crippen LogP contribution in [-0.4, -0.2) is 22.0 Å². The number of para-hydroxylation sites is 1. The largest absolute Gasteiger partial charge is 0.508 e. The lowest BCUT2D eigenvalue weighted by atomic mass is 10.0. The van der Waals surface area contributed by atoms with Crippen LogP contribution in [0.3, 0.4) is 0 Å². The summed E-state index contributed by atoms with van der Waals surface area (Å²) in [6.45, 7) is 3.87. The highest BCUT2D eigenvalue weighted by Crippen LogP contribution is 2.26. The second-order valence-corrected chi connectivity index (χ2v) is 5.75. The van der Waals surface area contributed by atoms with E-state index in [1.165, 1.54) is 0 Å². The molecule has 23 heavy (non-hydrogen) atoms. The van der Waals surface area contributed by atoms with E-state index < -0.39 is 0 Å². The molecule has 0 aliphatic carbocycles. The van der Waals surface area contributed by atoms with E-state index in [4.69, 9.17) is 0 Å². The molecule has 1 heterocycles. The van der Waals surface area contributed by atoms with Gasteiger partial charge in [0.2, 0.25) is 0 Å². The summed E-state index contributed by atoms with van der Waals surface area (Å²) in [6.07, 6.45) is 0. The maximum absolute atomic E-state index is 12.5. The van der Waals surface area contributed by atoms with E-state index in [1.807, 2.05) is 38.1 Å². The van der Waals surface area contributed by atoms with Gasteiger partial charge in [-0.2, -0.15) is 0 Å². The van der Waals surface area contributed by atoms with Crippen LogP contribution in [0.5, 0.6) is 5.75 Å². The molecule has 1 amide bonds. The fourth-order valence-corrected chi connectivity index (χ4v) is 2.48. The Morgan fingerprint density at radius 2 is 1.78 bits per heavy atom. The van der Waals surface area contributed by atoms with Crippen molar-refractivity contribution in [2.75, 3.05) is 0 Å². The molecule has 0 fully saturated rings. The molecule has 0 aliphatic rings. The molecule has 0 saturated heterocycles. The van der Waals surface area contributed by atoms with Crippen molar-refractivity contribution in [3.63, 3.8) is 0 Å². The van der Waals surface area contributed by atoms with Crippen molar-refractivity contribution < 1.29 is 9.90 Å². The maximum Gasteiger partial charge on any atom is 0.252 e. The third kappa shape index (κ3) is 3.16. The van der Waals surface area contributed by atoms with E-state index >= 15 is 0 Å². The van der Waals surface area contributed by atoms with E-state index in [0.29, 0.717) is 11.3 Å². The number of hydrogen-bond donors (Lipinski definition) is 2. The molecule has 0 radical (unpaired) electrons. The summed E-state index contributed by atoms with van der Waals surface area (Å²) in [7, 11) is 0. The van der Waals surface area contributed by atoms with Gasteiger partial charge in [-0.25, -0.2) is 4.98 Å². The Hall–Kier alpha value is -2.88. The van der Waals surface area contributed by atoms with Gasteiger partial charge in [-0.1, -0.05) is 18.2 Å². The fraction of sp³-hybridized carbons (Fsp3) is 0.158. The SMILES string of the molecule is CC(C)NC(=O)c1cc(-c2ccc(O)cc2)nc2ccccc12. The maximum atomic E-state index is 12.5. The number of rotatable bonds is 3. The van der Waals surface area contributed by atoms with Crippen LogP contribution >= 0.6 is 0 Å². The normalized spacial score (nSPS) is 10.9. The Morgan fingerprint density at radius 3 is 2.48 bits per heavy atom. The molecule has 0 spiro atoms. The summed E-state index contributed by atoms with van der Waals surface area (Å²) >= 11 is 0. The van der Waals surface area contributed by atoms with Gasteiger partial charge >= 0.3 is 0 Å². The van der Waals surface area contributed by atoms with E-state index in [-0.39, 0.29) is 17.7 Å². The number of phenols is 1. The van der Waals surface area contributed by atoms with Crippen LogP contribution in [0, 0.1) is 0 Å². The molecule has 0 unspecified atom stereocenters. The summed E-state index contributed by atoms with van der Waals surface area (Å²) in [4.78, 5) is 17.2. The van der Waals surface area contributed by atoms with Crippen LogP contribution in [0.4, 0.5) is 0 Å². The number of carbonyl (C=O) groups excluding carboxylic acids is 1. The van der Waals surface area contributed by atoms with Gasteiger partial charge in [0.05, 0.1) is 16.8 Å². The highest BCUT2D eigenvalue weighted by molar-refractivity contribution is 6.07. The minimum atomic E-state index is -0.112. The summed E-state index contributed by atoms with van der Waals surface area (Å²) < 4.78 is 0. The zero-order valence-electron chi connectivity index (χ0n) is 13.1. The Labute approximate surface area is 134 Å². The zero-order chi connectivity index (χ0) is 16.4. The number of nitrogens with one attached hydrogen (secondary N) is 1. The standard InChI is InChI=1S/C19H18N2O2/c1-12(2)20-19(23)16-11-18(13-7-9-14(22)10-8-13)21-17-6-4-3-5-15(16)17/h3-12,22H,1-2H3,(H,20,23). The number of aromatic hydroxyl groups is 1. The average Bonchev–Trinajstić information content (AvgIpc) is 2.54. The molecular weight excluding hydrogens is 288 g/mol. The van der Waals surface area contributed by atoms with Gasteiger partial charge in [0.15, 0.2) is 0 Å². The number of fused-ring (bicyclic) bond motifs is 1. The zero-order valence-corrected chi connectivity index (χ0v) is 13.1. The second kappa shape index (κ2) is 6.08. The lowest BCUT2D eigenvalue weighted by Crippen LogP contribution is -2.30. The first-order chi connectivity index (χ1) is 11.0. The lowest BCUT2D eigenvalue weighted by Gasteiger charge is -2.12. The molecule has 116 valence electrons. The summed E-state index contributed by atoms with van der Waals surface area (Å²) in [5, 5.41) is 13.2. The van der Waals surface area contributed by atoms with Gasteiger partial charge in [0.1, 0.15) is 5.75 Å². The van der Waals surface area contributed by atoms with Crippen molar-refractivity contribution in [1.29, 1.82) is 0 Å². The number of nitrogens with zero attached hydrogens (tertiary/aromatic N) is 1. The van der Waals surface area contributed by atoms with Gasteiger partial charge in [0.25, 0.3) is 5.91 Å². The topological polar surface area (TPSA) is 62.2 Å². The van der Waals surface area contributed by atoms with Gasteiger partial charge in [-0.3, -0.25) is 4.79 Å². The molecular formula is C19H18N2O2. The molecule has 0 bridgehead atoms. The molecule has 4 nitrogen and oxygen atoms in total. The van der Waals surface area contributed by atoms with E-state index in [1.54, 1.807) is 30.3 Å². The van der Waals surface area contributed by atoms with Crippen LogP contribution in [0.2, 0.25) is 0 Å². The summed E-state index contributed by atoms with van der Waals surface area (Å²) in [5.74, 6) is 0.0888. The van der Waals surface area contributed by atoms with Gasteiger partial charge in [-0.05, 0) is 50.2 Å². The van der Waals surface area contributed by atoms with Crippen molar-refractivity contribution in [1.82, 2.24) is 10.3 Å². The highest BCUT2D eigenvalue weighted by Gasteiger charge is 2.14. The minimum absolute atomic E-state index is 0.0616. The van der Waals surface area contributed by atoms with Gasteiger partial charge in [0, 0.05) is 17.0 Å². The Balaban J connectivity index is 2.17. The molecule has 3 rings (SSSR count). The van der Waals surface area contributed by atoms with E-state index in [9.17, 15) is 9.90 Å². The van der Waals surface area contributed by atoms with Crippen LogP contribution in [0.25, 0.3) is 22.2 Å². The molecule has 0 aliphatic heterocycles. The van der Waals surface area contributed by atoms with Crippen LogP contribution < -0.4 is 5.32 Å². The predicted molar refractivity (Wildman–Crippen MR) is 91.4 cm³/mol. The number of amides is 1. The first kappa shape index (κ1) is 15.0. The molecule has 2 aromatic carbocycles. The molecule has 0 saturated carbocycles. The van der Waals surface area contributed by atoms with Crippen LogP contribution in [0.1, 0.15) is 24.2 Å². The first-order valence-electron chi connectivity index (χ1n) is 7.54. The van der Waals surface area contributed by atoms with Crippen molar-refractivity contribution in [2.45, 2.75) is 19.9 Å². The van der Waals surface area contributed by atoms with Crippen molar-refractivity contribution in [3.05, 3.63) is 60.2 Å². The quantitative estimate of drug-likeness (QED) is 0.774. The average molecular weight is 306 g/mol. The van der Waals surface area contributed by atoms with Crippen molar-refractivity contribution in [2.24, 2.45) is 0 Å². The Kier molecular flexibility index (Phi) is 3.98. The Bertz CT molecular complexity index is 855. The highest BCUT2D eigenvalue weighted by atomic mass is 16.3. The van der Waals surface area contributed by atoms with Gasteiger partial charge in [-0.15, -0.1) is 0 Å². The summed E-state index contributed by atoms with van der Waals surface area (Å²) in [6, 6.07) is 16.3. The molecule has 2 N–H and O–H groups in total. The number of phenolic OH excluding ortho intramolecular Hbond substituents is 1. The lowest BCUT2D eigenvalue weighted by molar-refractivity contribution is 0.0945. The first-order valence-corrected chi connectivity index (χ1v) is 7.54. The van der Waals surface area contributed by atoms with E-state index in [2.05, 4.69) is 10.3 Å². The number of hydrogen-bond acceptors (Lipinski definition) is 3. The third-order valence-electron chi connectivity index (χ3n) is 3.54. The number of pyridine rings is 1. The predicted octanol–water partition coefficient (Wildman–Crippen LogP) is 3.75. The van der Waals surface area contributed by atoms with Gasteiger partial charge < -0.3 is 10.4 Å². The second-order valence-electron chi connectivity index (χ2n) is 5.75. The monoisotopic (exact) mass is 306 g/mol.